The number of nitrogen functional groups attached to an aromatic ring is 1. The molecule has 0 saturated carbocycles. The van der Waals surface area contributed by atoms with E-state index in [1.807, 2.05) is 34.9 Å². The normalized spacial score (nSPS) is 10.8. The van der Waals surface area contributed by atoms with E-state index in [4.69, 9.17) is 13.6 Å². The molecule has 0 amide bonds. The van der Waals surface area contributed by atoms with Crippen LogP contribution in [-0.4, -0.2) is 22.4 Å². The Morgan fingerprint density at radius 3 is 2.88 bits per heavy atom. The maximum absolute atomic E-state index is 5.77. The van der Waals surface area contributed by atoms with Crippen molar-refractivity contribution in [2.24, 2.45) is 0 Å². The summed E-state index contributed by atoms with van der Waals surface area (Å²) in [6, 6.07) is 11.1. The molecule has 80 valence electrons. The van der Waals surface area contributed by atoms with Gasteiger partial charge in [-0.2, -0.15) is 0 Å². The lowest BCUT2D eigenvalue weighted by Gasteiger charge is -2.04. The Morgan fingerprint density at radius 1 is 1.18 bits per heavy atom. The number of anilines is 1. The van der Waals surface area contributed by atoms with E-state index in [-0.39, 0.29) is 0 Å². The lowest BCUT2D eigenvalue weighted by molar-refractivity contribution is 1.03. The second-order valence-corrected chi connectivity index (χ2v) is 3.78. The van der Waals surface area contributed by atoms with Gasteiger partial charge in [0, 0.05) is 5.69 Å². The number of nitrogens with two attached hydrogens (primary N) is 1. The maximum atomic E-state index is 5.77. The number of nitrogens with zero attached hydrogens (tertiary/aromatic N) is 3. The van der Waals surface area contributed by atoms with Crippen LogP contribution in [0.15, 0.2) is 42.7 Å². The first kappa shape index (κ1) is 9.90. The average Bonchev–Trinajstić information content (AvgIpc) is 2.71. The third-order valence-corrected chi connectivity index (χ3v) is 2.57. The summed E-state index contributed by atoms with van der Waals surface area (Å²) in [5, 5.41) is 0. The summed E-state index contributed by atoms with van der Waals surface area (Å²) in [4.78, 5) is 8.55. The minimum Gasteiger partial charge on any atom is -0.399 e. The number of imidazole rings is 1. The van der Waals surface area contributed by atoms with Crippen LogP contribution >= 0.6 is 0 Å². The van der Waals surface area contributed by atoms with Gasteiger partial charge in [-0.05, 0) is 29.9 Å². The Hall–Kier alpha value is -2.30. The molecular weight excluding hydrogens is 211 g/mol. The fourth-order valence-electron chi connectivity index (χ4n) is 1.78. The number of rotatable bonds is 1. The van der Waals surface area contributed by atoms with Crippen molar-refractivity contribution in [1.29, 1.82) is 0 Å². The molecule has 5 heteroatoms. The lowest BCUT2D eigenvalue weighted by Crippen LogP contribution is -2.10. The second-order valence-electron chi connectivity index (χ2n) is 3.78. The molecule has 0 aliphatic heterocycles. The maximum Gasteiger partial charge on any atom is 0.141 e. The first-order valence-electron chi connectivity index (χ1n) is 5.19. The van der Waals surface area contributed by atoms with Crippen molar-refractivity contribution in [3.8, 4) is 5.82 Å². The van der Waals surface area contributed by atoms with Gasteiger partial charge in [-0.15, -0.1) is 0 Å². The topological polar surface area (TPSA) is 56.7 Å². The molecule has 0 spiro atoms. The summed E-state index contributed by atoms with van der Waals surface area (Å²) in [6.45, 7) is 0. The number of pyridine rings is 1. The summed E-state index contributed by atoms with van der Waals surface area (Å²) in [5.41, 5.74) is 8.75. The van der Waals surface area contributed by atoms with Crippen molar-refractivity contribution < 1.29 is 0 Å². The zero-order valence-corrected chi connectivity index (χ0v) is 9.04. The third-order valence-electron chi connectivity index (χ3n) is 2.57. The van der Waals surface area contributed by atoms with E-state index in [0.29, 0.717) is 11.3 Å². The van der Waals surface area contributed by atoms with Gasteiger partial charge in [-0.25, -0.2) is 9.97 Å². The molecule has 2 heterocycles. The molecule has 0 fully saturated rings. The van der Waals surface area contributed by atoms with Crippen LogP contribution in [0.2, 0.25) is 0 Å². The van der Waals surface area contributed by atoms with Crippen LogP contribution in [0.25, 0.3) is 16.9 Å². The quantitative estimate of drug-likeness (QED) is 0.487. The molecule has 0 unspecified atom stereocenters. The summed E-state index contributed by atoms with van der Waals surface area (Å²) in [7, 11) is 5.67. The molecule has 1 aromatic carbocycles. The predicted molar refractivity (Wildman–Crippen MR) is 68.7 cm³/mol. The van der Waals surface area contributed by atoms with Gasteiger partial charge < -0.3 is 5.73 Å². The highest BCUT2D eigenvalue weighted by atomic mass is 15.1. The van der Waals surface area contributed by atoms with Crippen LogP contribution in [0, 0.1) is 0 Å². The number of fused-ring (bicyclic) bond motifs is 1. The highest BCUT2D eigenvalue weighted by Crippen LogP contribution is 2.18. The molecule has 3 rings (SSSR count). The van der Waals surface area contributed by atoms with Gasteiger partial charge in [0.1, 0.15) is 20.0 Å². The summed E-state index contributed by atoms with van der Waals surface area (Å²) in [5.74, 6) is 0.734. The van der Waals surface area contributed by atoms with Crippen molar-refractivity contribution in [2.45, 2.75) is 0 Å². The molecule has 2 radical (unpaired) electrons. The minimum absolute atomic E-state index is 0.480. The van der Waals surface area contributed by atoms with Gasteiger partial charge in [-0.1, -0.05) is 12.1 Å². The van der Waals surface area contributed by atoms with Gasteiger partial charge in [0.05, 0.1) is 11.0 Å². The monoisotopic (exact) mass is 220 g/mol. The Kier molecular flexibility index (Phi) is 2.11. The van der Waals surface area contributed by atoms with Crippen LogP contribution in [0.4, 0.5) is 5.69 Å². The highest BCUT2D eigenvalue weighted by Gasteiger charge is 2.05. The van der Waals surface area contributed by atoms with Gasteiger partial charge in [-0.3, -0.25) is 4.57 Å². The molecule has 2 aromatic heterocycles. The molecule has 0 aliphatic rings. The van der Waals surface area contributed by atoms with Gasteiger partial charge in [0.15, 0.2) is 0 Å². The summed E-state index contributed by atoms with van der Waals surface area (Å²) in [6.07, 6.45) is 1.71. The molecule has 3 aromatic rings. The molecular formula is C12H9BN4. The standard InChI is InChI=1S/C12H9BN4/c13-11-2-1-3-12(16-11)17-7-15-9-5-4-8(14)6-10(9)17/h1-7H,14H2. The Balaban J connectivity index is 2.27. The Morgan fingerprint density at radius 2 is 2.06 bits per heavy atom. The minimum atomic E-state index is 0.480. The van der Waals surface area contributed by atoms with Crippen molar-refractivity contribution in [3.05, 3.63) is 42.7 Å². The van der Waals surface area contributed by atoms with Crippen LogP contribution < -0.4 is 11.3 Å². The van der Waals surface area contributed by atoms with E-state index in [1.165, 1.54) is 0 Å². The molecule has 0 saturated heterocycles. The van der Waals surface area contributed by atoms with Crippen LogP contribution in [0.1, 0.15) is 0 Å². The van der Waals surface area contributed by atoms with E-state index in [9.17, 15) is 0 Å². The van der Waals surface area contributed by atoms with Gasteiger partial charge in [0.25, 0.3) is 0 Å². The van der Waals surface area contributed by atoms with Gasteiger partial charge >= 0.3 is 0 Å². The molecule has 0 bridgehead atoms. The van der Waals surface area contributed by atoms with Crippen LogP contribution in [-0.2, 0) is 0 Å². The largest absolute Gasteiger partial charge is 0.399 e. The van der Waals surface area contributed by atoms with Crippen LogP contribution in [0.3, 0.4) is 0 Å². The number of hydrogen-bond donors (Lipinski definition) is 1. The fourth-order valence-corrected chi connectivity index (χ4v) is 1.78. The zero-order valence-electron chi connectivity index (χ0n) is 9.04. The van der Waals surface area contributed by atoms with E-state index >= 15 is 0 Å². The van der Waals surface area contributed by atoms with Crippen molar-refractivity contribution in [2.75, 3.05) is 5.73 Å². The van der Waals surface area contributed by atoms with Crippen molar-refractivity contribution in [1.82, 2.24) is 14.5 Å². The molecule has 0 aliphatic carbocycles. The molecule has 2 N–H and O–H groups in total. The van der Waals surface area contributed by atoms with Crippen molar-refractivity contribution in [3.63, 3.8) is 0 Å². The average molecular weight is 220 g/mol. The Bertz CT molecular complexity index is 690. The third kappa shape index (κ3) is 1.65. The van der Waals surface area contributed by atoms with Gasteiger partial charge in [0.2, 0.25) is 0 Å². The van der Waals surface area contributed by atoms with E-state index in [2.05, 4.69) is 9.97 Å². The lowest BCUT2D eigenvalue weighted by atomic mass is 10.0. The molecule has 0 atom stereocenters. The Labute approximate surface area is 99.5 Å². The number of benzene rings is 1. The summed E-state index contributed by atoms with van der Waals surface area (Å²) < 4.78 is 1.86. The van der Waals surface area contributed by atoms with E-state index in [0.717, 1.165) is 16.9 Å². The SMILES string of the molecule is [B]c1cccc(-n2cnc3ccc(N)cc32)n1. The van der Waals surface area contributed by atoms with Crippen molar-refractivity contribution >= 4 is 30.2 Å². The second kappa shape index (κ2) is 3.62. The predicted octanol–water partition coefficient (Wildman–Crippen LogP) is 0.796. The molecule has 4 nitrogen and oxygen atoms in total. The first-order valence-corrected chi connectivity index (χ1v) is 5.19. The zero-order chi connectivity index (χ0) is 11.8. The first-order chi connectivity index (χ1) is 8.24. The number of aromatic nitrogens is 3. The van der Waals surface area contributed by atoms with Crippen LogP contribution in [0.5, 0.6) is 0 Å². The summed E-state index contributed by atoms with van der Waals surface area (Å²) >= 11 is 0. The van der Waals surface area contributed by atoms with E-state index in [1.54, 1.807) is 12.4 Å². The smallest absolute Gasteiger partial charge is 0.141 e. The number of hydrogen-bond acceptors (Lipinski definition) is 3. The highest BCUT2D eigenvalue weighted by molar-refractivity contribution is 6.30. The molecule has 17 heavy (non-hydrogen) atoms. The fraction of sp³-hybridized carbons (Fsp3) is 0. The van der Waals surface area contributed by atoms with E-state index < -0.39 is 0 Å².